The summed E-state index contributed by atoms with van der Waals surface area (Å²) < 4.78 is 27.4. The third kappa shape index (κ3) is 3.45. The molecule has 1 heterocycles. The summed E-state index contributed by atoms with van der Waals surface area (Å²) in [6, 6.07) is 3.04. The summed E-state index contributed by atoms with van der Waals surface area (Å²) in [5.74, 6) is 0.758. The van der Waals surface area contributed by atoms with Gasteiger partial charge >= 0.3 is 0 Å². The number of rotatable bonds is 4. The molecule has 2 rings (SSSR count). The van der Waals surface area contributed by atoms with Gasteiger partial charge in [-0.15, -0.1) is 0 Å². The quantitative estimate of drug-likeness (QED) is 0.884. The lowest BCUT2D eigenvalue weighted by molar-refractivity contribution is 0.282. The molecule has 0 aromatic carbocycles. The molecular formula is C13H21N3O2S. The predicted octanol–water partition coefficient (Wildman–Crippen LogP) is 1.91. The summed E-state index contributed by atoms with van der Waals surface area (Å²) in [4.78, 5) is 4.02. The fourth-order valence-corrected chi connectivity index (χ4v) is 3.95. The van der Waals surface area contributed by atoms with Crippen LogP contribution in [0, 0.1) is 5.92 Å². The Bertz CT molecular complexity index is 513. The maximum absolute atomic E-state index is 12.3. The number of nitrogen functional groups attached to an aromatic ring is 1. The molecule has 0 bridgehead atoms. The molecule has 106 valence electrons. The van der Waals surface area contributed by atoms with Crippen molar-refractivity contribution in [2.75, 3.05) is 5.73 Å². The topological polar surface area (TPSA) is 85.1 Å². The van der Waals surface area contributed by atoms with Crippen molar-refractivity contribution >= 4 is 15.8 Å². The van der Waals surface area contributed by atoms with Crippen molar-refractivity contribution in [1.82, 2.24) is 9.71 Å². The molecule has 1 aliphatic rings. The van der Waals surface area contributed by atoms with Gasteiger partial charge in [-0.1, -0.05) is 26.2 Å². The summed E-state index contributed by atoms with van der Waals surface area (Å²) in [7, 11) is -3.49. The van der Waals surface area contributed by atoms with Gasteiger partial charge in [-0.2, -0.15) is 0 Å². The highest BCUT2D eigenvalue weighted by Crippen LogP contribution is 2.28. The fourth-order valence-electron chi connectivity index (χ4n) is 2.67. The first-order valence-electron chi connectivity index (χ1n) is 6.77. The zero-order valence-electron chi connectivity index (χ0n) is 11.2. The molecule has 1 saturated carbocycles. The molecule has 2 unspecified atom stereocenters. The van der Waals surface area contributed by atoms with E-state index >= 15 is 0 Å². The highest BCUT2D eigenvalue weighted by molar-refractivity contribution is 7.89. The van der Waals surface area contributed by atoms with E-state index in [1.807, 2.05) is 0 Å². The van der Waals surface area contributed by atoms with E-state index < -0.39 is 10.0 Å². The maximum atomic E-state index is 12.3. The minimum atomic E-state index is -3.49. The van der Waals surface area contributed by atoms with Crippen molar-refractivity contribution in [1.29, 1.82) is 0 Å². The molecule has 5 nitrogen and oxygen atoms in total. The van der Waals surface area contributed by atoms with Crippen molar-refractivity contribution in [2.24, 2.45) is 5.92 Å². The van der Waals surface area contributed by atoms with E-state index in [1.165, 1.54) is 24.8 Å². The monoisotopic (exact) mass is 283 g/mol. The van der Waals surface area contributed by atoms with E-state index in [9.17, 15) is 8.42 Å². The van der Waals surface area contributed by atoms with E-state index in [4.69, 9.17) is 5.73 Å². The van der Waals surface area contributed by atoms with Gasteiger partial charge in [-0.25, -0.2) is 18.1 Å². The third-order valence-corrected chi connectivity index (χ3v) is 5.28. The summed E-state index contributed by atoms with van der Waals surface area (Å²) in [5.41, 5.74) is 5.47. The third-order valence-electron chi connectivity index (χ3n) is 3.81. The summed E-state index contributed by atoms with van der Waals surface area (Å²) >= 11 is 0. The molecule has 19 heavy (non-hydrogen) atoms. The van der Waals surface area contributed by atoms with Gasteiger partial charge in [0.1, 0.15) is 10.7 Å². The average molecular weight is 283 g/mol. The second-order valence-corrected chi connectivity index (χ2v) is 6.81. The Hall–Kier alpha value is -1.14. The number of sulfonamides is 1. The molecule has 2 atom stereocenters. The number of nitrogens with two attached hydrogens (primary N) is 1. The molecule has 6 heteroatoms. The first-order valence-corrected chi connectivity index (χ1v) is 8.25. The SMILES string of the molecule is CCC1CCCCC1NS(=O)(=O)c1ccc(N)nc1. The van der Waals surface area contributed by atoms with Gasteiger partial charge < -0.3 is 5.73 Å². The van der Waals surface area contributed by atoms with E-state index in [0.717, 1.165) is 25.7 Å². The molecule has 1 aromatic rings. The number of hydrogen-bond donors (Lipinski definition) is 2. The van der Waals surface area contributed by atoms with Crippen LogP contribution in [0.3, 0.4) is 0 Å². The van der Waals surface area contributed by atoms with Crippen LogP contribution in [0.4, 0.5) is 5.82 Å². The Labute approximate surface area is 114 Å². The molecular weight excluding hydrogens is 262 g/mol. The first-order chi connectivity index (χ1) is 9.03. The van der Waals surface area contributed by atoms with Gasteiger partial charge in [0.15, 0.2) is 0 Å². The van der Waals surface area contributed by atoms with Crippen molar-refractivity contribution in [3.05, 3.63) is 18.3 Å². The molecule has 3 N–H and O–H groups in total. The largest absolute Gasteiger partial charge is 0.384 e. The molecule has 0 saturated heterocycles. The molecule has 0 spiro atoms. The van der Waals surface area contributed by atoms with E-state index in [0.29, 0.717) is 11.7 Å². The van der Waals surface area contributed by atoms with Gasteiger partial charge in [-0.05, 0) is 30.9 Å². The molecule has 1 fully saturated rings. The molecule has 0 aliphatic heterocycles. The van der Waals surface area contributed by atoms with E-state index in [1.54, 1.807) is 0 Å². The number of nitrogens with zero attached hydrogens (tertiary/aromatic N) is 1. The molecule has 1 aliphatic carbocycles. The average Bonchev–Trinajstić information content (AvgIpc) is 2.39. The van der Waals surface area contributed by atoms with Crippen LogP contribution in [0.2, 0.25) is 0 Å². The summed E-state index contributed by atoms with van der Waals surface area (Å²) in [6.07, 6.45) is 6.61. The smallest absolute Gasteiger partial charge is 0.242 e. The summed E-state index contributed by atoms with van der Waals surface area (Å²) in [6.45, 7) is 2.11. The number of hydrogen-bond acceptors (Lipinski definition) is 4. The van der Waals surface area contributed by atoms with Gasteiger partial charge in [0.05, 0.1) is 0 Å². The van der Waals surface area contributed by atoms with Crippen molar-refractivity contribution in [2.45, 2.75) is 50.0 Å². The lowest BCUT2D eigenvalue weighted by Gasteiger charge is -2.31. The number of pyridine rings is 1. The van der Waals surface area contributed by atoms with Gasteiger partial charge in [0, 0.05) is 12.2 Å². The predicted molar refractivity (Wildman–Crippen MR) is 75.0 cm³/mol. The lowest BCUT2D eigenvalue weighted by Crippen LogP contribution is -2.41. The van der Waals surface area contributed by atoms with Crippen molar-refractivity contribution in [3.8, 4) is 0 Å². The normalized spacial score (nSPS) is 24.3. The zero-order valence-corrected chi connectivity index (χ0v) is 12.0. The maximum Gasteiger partial charge on any atom is 0.242 e. The van der Waals surface area contributed by atoms with Crippen LogP contribution < -0.4 is 10.5 Å². The number of nitrogens with one attached hydrogen (secondary N) is 1. The Morgan fingerprint density at radius 3 is 2.74 bits per heavy atom. The van der Waals surface area contributed by atoms with Gasteiger partial charge in [-0.3, -0.25) is 0 Å². The van der Waals surface area contributed by atoms with Crippen LogP contribution in [-0.2, 0) is 10.0 Å². The second-order valence-electron chi connectivity index (χ2n) is 5.10. The number of aromatic nitrogens is 1. The first kappa shape index (κ1) is 14.3. The highest BCUT2D eigenvalue weighted by atomic mass is 32.2. The minimum Gasteiger partial charge on any atom is -0.384 e. The fraction of sp³-hybridized carbons (Fsp3) is 0.615. The van der Waals surface area contributed by atoms with Gasteiger partial charge in [0.2, 0.25) is 10.0 Å². The van der Waals surface area contributed by atoms with Crippen LogP contribution in [0.5, 0.6) is 0 Å². The van der Waals surface area contributed by atoms with Crippen LogP contribution in [0.1, 0.15) is 39.0 Å². The van der Waals surface area contributed by atoms with E-state index in [-0.39, 0.29) is 10.9 Å². The van der Waals surface area contributed by atoms with Crippen molar-refractivity contribution < 1.29 is 8.42 Å². The van der Waals surface area contributed by atoms with E-state index in [2.05, 4.69) is 16.6 Å². The highest BCUT2D eigenvalue weighted by Gasteiger charge is 2.28. The van der Waals surface area contributed by atoms with Crippen LogP contribution in [0.25, 0.3) is 0 Å². The zero-order chi connectivity index (χ0) is 13.9. The lowest BCUT2D eigenvalue weighted by atomic mass is 9.83. The Morgan fingerprint density at radius 1 is 1.37 bits per heavy atom. The van der Waals surface area contributed by atoms with Crippen LogP contribution in [0.15, 0.2) is 23.2 Å². The Morgan fingerprint density at radius 2 is 2.11 bits per heavy atom. The Kier molecular flexibility index (Phi) is 4.42. The van der Waals surface area contributed by atoms with Crippen molar-refractivity contribution in [3.63, 3.8) is 0 Å². The Balaban J connectivity index is 2.14. The molecule has 1 aromatic heterocycles. The van der Waals surface area contributed by atoms with Crippen LogP contribution >= 0.6 is 0 Å². The summed E-state index contributed by atoms with van der Waals surface area (Å²) in [5, 5.41) is 0. The standard InChI is InChI=1S/C13H21N3O2S/c1-2-10-5-3-4-6-12(10)16-19(17,18)11-7-8-13(14)15-9-11/h7-10,12,16H,2-6H2,1H3,(H2,14,15). The molecule has 0 amide bonds. The molecule has 0 radical (unpaired) electrons. The second kappa shape index (κ2) is 5.88. The minimum absolute atomic E-state index is 0.0429. The number of anilines is 1. The van der Waals surface area contributed by atoms with Crippen LogP contribution in [-0.4, -0.2) is 19.4 Å². The van der Waals surface area contributed by atoms with Gasteiger partial charge in [0.25, 0.3) is 0 Å².